The number of amides is 2. The number of aromatic nitrogens is 2. The summed E-state index contributed by atoms with van der Waals surface area (Å²) in [7, 11) is 3.64. The monoisotopic (exact) mass is 407 g/mol. The first kappa shape index (κ1) is 19.6. The third-order valence-electron chi connectivity index (χ3n) is 4.82. The molecule has 0 bridgehead atoms. The quantitative estimate of drug-likeness (QED) is 0.759. The minimum absolute atomic E-state index is 0.188. The van der Waals surface area contributed by atoms with Gasteiger partial charge in [0.15, 0.2) is 5.82 Å². The minimum Gasteiger partial charge on any atom is -0.353 e. The third-order valence-corrected chi connectivity index (χ3v) is 5.56. The van der Waals surface area contributed by atoms with Gasteiger partial charge in [-0.3, -0.25) is 9.80 Å². The predicted molar refractivity (Wildman–Crippen MR) is 111 cm³/mol. The molecule has 1 N–H and O–H groups in total. The predicted octanol–water partition coefficient (Wildman–Crippen LogP) is 4.98. The first-order valence-corrected chi connectivity index (χ1v) is 9.51. The molecule has 2 amide bonds. The second-order valence-electron chi connectivity index (χ2n) is 6.74. The molecule has 0 saturated carbocycles. The van der Waals surface area contributed by atoms with Gasteiger partial charge in [0.1, 0.15) is 5.69 Å². The van der Waals surface area contributed by atoms with E-state index in [9.17, 15) is 4.79 Å². The van der Waals surface area contributed by atoms with Crippen LogP contribution in [-0.4, -0.2) is 33.6 Å². The molecule has 2 aromatic rings. The van der Waals surface area contributed by atoms with Crippen LogP contribution < -0.4 is 10.2 Å². The Labute approximate surface area is 169 Å². The van der Waals surface area contributed by atoms with Gasteiger partial charge in [0, 0.05) is 20.1 Å². The van der Waals surface area contributed by atoms with Crippen LogP contribution in [0.3, 0.4) is 0 Å². The summed E-state index contributed by atoms with van der Waals surface area (Å²) in [5.74, 6) is 1.32. The lowest BCUT2D eigenvalue weighted by Crippen LogP contribution is -2.44. The van der Waals surface area contributed by atoms with E-state index in [1.807, 2.05) is 17.7 Å². The molecule has 1 aliphatic rings. The van der Waals surface area contributed by atoms with E-state index in [0.29, 0.717) is 34.1 Å². The number of hydrogen-bond acceptors (Lipinski definition) is 3. The number of benzene rings is 1. The second kappa shape index (κ2) is 7.44. The summed E-state index contributed by atoms with van der Waals surface area (Å²) in [4.78, 5) is 20.7. The average Bonchev–Trinajstić information content (AvgIpc) is 2.96. The van der Waals surface area contributed by atoms with Crippen molar-refractivity contribution in [1.82, 2.24) is 14.5 Å². The third kappa shape index (κ3) is 3.51. The Morgan fingerprint density at radius 3 is 2.59 bits per heavy atom. The summed E-state index contributed by atoms with van der Waals surface area (Å²) in [5, 5.41) is 4.31. The highest BCUT2D eigenvalue weighted by atomic mass is 35.5. The Morgan fingerprint density at radius 1 is 1.26 bits per heavy atom. The Hall–Kier alpha value is -2.18. The number of imidazole rings is 1. The van der Waals surface area contributed by atoms with Gasteiger partial charge in [-0.15, -0.1) is 0 Å². The number of hydrogen-bond donors (Lipinski definition) is 1. The molecule has 144 valence electrons. The van der Waals surface area contributed by atoms with E-state index >= 15 is 0 Å². The lowest BCUT2D eigenvalue weighted by molar-refractivity contribution is 0.222. The molecular formula is C19H23Cl2N5O. The van der Waals surface area contributed by atoms with Crippen LogP contribution >= 0.6 is 23.2 Å². The molecule has 0 saturated heterocycles. The molecule has 0 spiro atoms. The van der Waals surface area contributed by atoms with Crippen LogP contribution in [0.5, 0.6) is 0 Å². The van der Waals surface area contributed by atoms with Crippen molar-refractivity contribution in [2.45, 2.75) is 32.9 Å². The van der Waals surface area contributed by atoms with Crippen LogP contribution in [-0.2, 0) is 13.6 Å². The van der Waals surface area contributed by atoms with Gasteiger partial charge in [0.2, 0.25) is 5.95 Å². The number of nitrogens with one attached hydrogen (secondary N) is 1. The average molecular weight is 408 g/mol. The largest absolute Gasteiger partial charge is 0.353 e. The summed E-state index contributed by atoms with van der Waals surface area (Å²) >= 11 is 12.1. The highest BCUT2D eigenvalue weighted by Gasteiger charge is 2.35. The van der Waals surface area contributed by atoms with Crippen LogP contribution in [0.1, 0.15) is 31.5 Å². The van der Waals surface area contributed by atoms with Crippen molar-refractivity contribution in [3.05, 3.63) is 46.1 Å². The zero-order valence-electron chi connectivity index (χ0n) is 15.9. The molecule has 1 unspecified atom stereocenters. The Balaban J connectivity index is 1.95. The van der Waals surface area contributed by atoms with E-state index in [2.05, 4.69) is 30.7 Å². The maximum absolute atomic E-state index is 12.9. The Kier molecular flexibility index (Phi) is 5.40. The molecule has 6 nitrogen and oxygen atoms in total. The lowest BCUT2D eigenvalue weighted by atomic mass is 10.1. The van der Waals surface area contributed by atoms with Crippen LogP contribution in [0.15, 0.2) is 24.8 Å². The second-order valence-corrected chi connectivity index (χ2v) is 7.56. The van der Waals surface area contributed by atoms with Crippen molar-refractivity contribution >= 4 is 46.7 Å². The molecule has 1 atom stereocenters. The van der Waals surface area contributed by atoms with Crippen molar-refractivity contribution in [1.29, 1.82) is 0 Å². The molecule has 0 aliphatic carbocycles. The van der Waals surface area contributed by atoms with E-state index in [-0.39, 0.29) is 12.1 Å². The SMILES string of the molecule is C=C1c2c(nc(NC(C)CC)n2C)N(C)C(=O)N1Cc1ccc(Cl)c(Cl)c1. The summed E-state index contributed by atoms with van der Waals surface area (Å²) < 4.78 is 1.94. The number of carbonyl (C=O) groups is 1. The molecule has 8 heteroatoms. The maximum atomic E-state index is 12.9. The van der Waals surface area contributed by atoms with Gasteiger partial charge in [-0.1, -0.05) is 42.8 Å². The number of urea groups is 1. The number of anilines is 2. The fraction of sp³-hybridized carbons (Fsp3) is 0.368. The Morgan fingerprint density at radius 2 is 1.96 bits per heavy atom. The van der Waals surface area contributed by atoms with Gasteiger partial charge in [0.25, 0.3) is 0 Å². The van der Waals surface area contributed by atoms with Crippen molar-refractivity contribution in [3.8, 4) is 0 Å². The van der Waals surface area contributed by atoms with E-state index < -0.39 is 0 Å². The van der Waals surface area contributed by atoms with Crippen LogP contribution in [0.2, 0.25) is 10.0 Å². The maximum Gasteiger partial charge on any atom is 0.330 e. The van der Waals surface area contributed by atoms with E-state index in [0.717, 1.165) is 17.7 Å². The van der Waals surface area contributed by atoms with Crippen LogP contribution in [0, 0.1) is 0 Å². The summed E-state index contributed by atoms with van der Waals surface area (Å²) in [6, 6.07) is 5.42. The molecule has 3 rings (SSSR count). The van der Waals surface area contributed by atoms with Gasteiger partial charge in [-0.25, -0.2) is 4.79 Å². The smallest absolute Gasteiger partial charge is 0.330 e. The number of rotatable bonds is 5. The van der Waals surface area contributed by atoms with Crippen molar-refractivity contribution in [2.75, 3.05) is 17.3 Å². The standard InChI is InChI=1S/C19H23Cl2N5O/c1-6-11(2)22-18-23-17-16(24(18)4)12(3)26(19(27)25(17)5)10-13-7-8-14(20)15(21)9-13/h7-9,11H,3,6,10H2,1-2,4-5H3,(H,22,23). The number of nitrogens with zero attached hydrogens (tertiary/aromatic N) is 4. The van der Waals surface area contributed by atoms with Crippen molar-refractivity contribution in [3.63, 3.8) is 0 Å². The molecule has 0 radical (unpaired) electrons. The zero-order valence-corrected chi connectivity index (χ0v) is 17.4. The number of fused-ring (bicyclic) bond motifs is 1. The van der Waals surface area contributed by atoms with E-state index in [1.54, 1.807) is 29.0 Å². The van der Waals surface area contributed by atoms with Crippen molar-refractivity contribution in [2.24, 2.45) is 7.05 Å². The van der Waals surface area contributed by atoms with Gasteiger partial charge in [-0.05, 0) is 31.0 Å². The summed E-state index contributed by atoms with van der Waals surface area (Å²) in [6.07, 6.45) is 0.969. The first-order valence-electron chi connectivity index (χ1n) is 8.76. The first-order chi connectivity index (χ1) is 12.7. The van der Waals surface area contributed by atoms with Crippen LogP contribution in [0.25, 0.3) is 5.70 Å². The fourth-order valence-electron chi connectivity index (χ4n) is 2.99. The number of carbonyl (C=O) groups excluding carboxylic acids is 1. The molecule has 27 heavy (non-hydrogen) atoms. The number of halogens is 2. The normalized spacial score (nSPS) is 15.2. The van der Waals surface area contributed by atoms with Gasteiger partial charge < -0.3 is 9.88 Å². The molecule has 1 aromatic carbocycles. The molecular weight excluding hydrogens is 385 g/mol. The van der Waals surface area contributed by atoms with Crippen molar-refractivity contribution < 1.29 is 4.79 Å². The molecule has 1 aliphatic heterocycles. The van der Waals surface area contributed by atoms with E-state index in [4.69, 9.17) is 23.2 Å². The van der Waals surface area contributed by atoms with Crippen LogP contribution in [0.4, 0.5) is 16.6 Å². The Bertz CT molecular complexity index is 908. The summed E-state index contributed by atoms with van der Waals surface area (Å²) in [6.45, 7) is 8.70. The topological polar surface area (TPSA) is 53.4 Å². The van der Waals surface area contributed by atoms with Gasteiger partial charge >= 0.3 is 6.03 Å². The van der Waals surface area contributed by atoms with E-state index in [1.165, 1.54) is 0 Å². The summed E-state index contributed by atoms with van der Waals surface area (Å²) in [5.41, 5.74) is 2.28. The highest BCUT2D eigenvalue weighted by molar-refractivity contribution is 6.42. The lowest BCUT2D eigenvalue weighted by Gasteiger charge is -2.34. The highest BCUT2D eigenvalue weighted by Crippen LogP contribution is 2.37. The molecule has 1 aromatic heterocycles. The molecule has 0 fully saturated rings. The van der Waals surface area contributed by atoms with Gasteiger partial charge in [-0.2, -0.15) is 4.98 Å². The minimum atomic E-state index is -0.188. The molecule has 2 heterocycles. The van der Waals surface area contributed by atoms with Gasteiger partial charge in [0.05, 0.1) is 22.3 Å². The fourth-order valence-corrected chi connectivity index (χ4v) is 3.31. The zero-order chi connectivity index (χ0) is 19.9.